The maximum atomic E-state index is 2.55. The fraction of sp³-hybridized carbons (Fsp3) is 0.900. The van der Waals surface area contributed by atoms with Gasteiger partial charge in [-0.25, -0.2) is 0 Å². The van der Waals surface area contributed by atoms with Gasteiger partial charge in [-0.2, -0.15) is 0 Å². The Labute approximate surface area is 128 Å². The fourth-order valence-corrected chi connectivity index (χ4v) is 3.46. The quantitative estimate of drug-likeness (QED) is 0.404. The van der Waals surface area contributed by atoms with E-state index in [0.29, 0.717) is 5.41 Å². The Bertz CT molecular complexity index is 308. The average Bonchev–Trinajstić information content (AvgIpc) is 3.15. The molecule has 1 aliphatic rings. The summed E-state index contributed by atoms with van der Waals surface area (Å²) in [5, 5.41) is 0. The third-order valence-corrected chi connectivity index (χ3v) is 6.20. The van der Waals surface area contributed by atoms with Gasteiger partial charge in [-0.05, 0) is 61.7 Å². The molecular formula is C20H38. The van der Waals surface area contributed by atoms with Gasteiger partial charge >= 0.3 is 0 Å². The first-order valence-corrected chi connectivity index (χ1v) is 9.02. The van der Waals surface area contributed by atoms with Crippen LogP contribution in [0, 0.1) is 29.1 Å². The zero-order valence-corrected chi connectivity index (χ0v) is 15.1. The van der Waals surface area contributed by atoms with Gasteiger partial charge in [0, 0.05) is 0 Å². The lowest BCUT2D eigenvalue weighted by atomic mass is 9.73. The molecule has 0 aromatic rings. The monoisotopic (exact) mass is 278 g/mol. The molecule has 0 N–H and O–H groups in total. The predicted octanol–water partition coefficient (Wildman–Crippen LogP) is 6.86. The summed E-state index contributed by atoms with van der Waals surface area (Å²) in [6.45, 7) is 16.7. The topological polar surface area (TPSA) is 0 Å². The van der Waals surface area contributed by atoms with Crippen LogP contribution in [0.2, 0.25) is 0 Å². The minimum atomic E-state index is 0.565. The smallest absolute Gasteiger partial charge is 0.0199 e. The molecular weight excluding hydrogens is 240 g/mol. The molecule has 0 heterocycles. The van der Waals surface area contributed by atoms with Gasteiger partial charge in [-0.3, -0.25) is 0 Å². The van der Waals surface area contributed by atoms with E-state index >= 15 is 0 Å². The van der Waals surface area contributed by atoms with Crippen LogP contribution in [0.5, 0.6) is 0 Å². The van der Waals surface area contributed by atoms with Gasteiger partial charge in [0.15, 0.2) is 0 Å². The Hall–Kier alpha value is -0.260. The Morgan fingerprint density at radius 2 is 1.75 bits per heavy atom. The fourth-order valence-electron chi connectivity index (χ4n) is 3.46. The van der Waals surface area contributed by atoms with Gasteiger partial charge in [0.25, 0.3) is 0 Å². The second-order valence-corrected chi connectivity index (χ2v) is 7.94. The second kappa shape index (κ2) is 7.66. The molecule has 0 radical (unpaired) electrons. The lowest BCUT2D eigenvalue weighted by Gasteiger charge is -2.32. The molecule has 4 unspecified atom stereocenters. The van der Waals surface area contributed by atoms with E-state index in [2.05, 4.69) is 54.5 Å². The Kier molecular flexibility index (Phi) is 6.82. The highest BCUT2D eigenvalue weighted by atomic mass is 14.4. The molecule has 1 rings (SSSR count). The third kappa shape index (κ3) is 5.26. The maximum absolute atomic E-state index is 2.55. The van der Waals surface area contributed by atoms with Gasteiger partial charge in [-0.15, -0.1) is 0 Å². The lowest BCUT2D eigenvalue weighted by Crippen LogP contribution is -2.21. The Balaban J connectivity index is 2.39. The molecule has 1 aliphatic carbocycles. The molecule has 0 aliphatic heterocycles. The van der Waals surface area contributed by atoms with Crippen molar-refractivity contribution in [3.8, 4) is 0 Å². The normalized spacial score (nSPS) is 26.4. The van der Waals surface area contributed by atoms with E-state index in [-0.39, 0.29) is 0 Å². The van der Waals surface area contributed by atoms with Crippen molar-refractivity contribution in [1.29, 1.82) is 0 Å². The summed E-state index contributed by atoms with van der Waals surface area (Å²) < 4.78 is 0. The van der Waals surface area contributed by atoms with E-state index in [0.717, 1.165) is 23.7 Å². The van der Waals surface area contributed by atoms with E-state index < -0.39 is 0 Å². The minimum Gasteiger partial charge on any atom is -0.0822 e. The van der Waals surface area contributed by atoms with Crippen LogP contribution < -0.4 is 0 Å². The van der Waals surface area contributed by atoms with Crippen LogP contribution in [0.15, 0.2) is 11.6 Å². The molecule has 0 bridgehead atoms. The molecule has 0 aromatic carbocycles. The summed E-state index contributed by atoms with van der Waals surface area (Å²) in [7, 11) is 0. The predicted molar refractivity (Wildman–Crippen MR) is 91.9 cm³/mol. The molecule has 0 heteroatoms. The molecule has 0 nitrogen and oxygen atoms in total. The molecule has 20 heavy (non-hydrogen) atoms. The average molecular weight is 279 g/mol. The number of hydrogen-bond donors (Lipinski definition) is 0. The van der Waals surface area contributed by atoms with E-state index in [1.807, 2.05) is 0 Å². The first-order chi connectivity index (χ1) is 9.35. The van der Waals surface area contributed by atoms with E-state index in [1.54, 1.807) is 5.57 Å². The molecule has 0 amide bonds. The van der Waals surface area contributed by atoms with Crippen molar-refractivity contribution in [3.05, 3.63) is 11.6 Å². The number of hydrogen-bond acceptors (Lipinski definition) is 0. The molecule has 4 atom stereocenters. The van der Waals surface area contributed by atoms with Crippen LogP contribution in [-0.4, -0.2) is 0 Å². The Morgan fingerprint density at radius 1 is 1.15 bits per heavy atom. The number of allylic oxidation sites excluding steroid dienone is 2. The molecule has 1 fully saturated rings. The van der Waals surface area contributed by atoms with Crippen molar-refractivity contribution < 1.29 is 0 Å². The van der Waals surface area contributed by atoms with Crippen molar-refractivity contribution in [3.63, 3.8) is 0 Å². The van der Waals surface area contributed by atoms with Gasteiger partial charge in [0.2, 0.25) is 0 Å². The summed E-state index contributed by atoms with van der Waals surface area (Å²) >= 11 is 0. The van der Waals surface area contributed by atoms with E-state index in [4.69, 9.17) is 0 Å². The zero-order chi connectivity index (χ0) is 15.3. The van der Waals surface area contributed by atoms with Gasteiger partial charge in [0.1, 0.15) is 0 Å². The summed E-state index contributed by atoms with van der Waals surface area (Å²) in [5.74, 6) is 3.66. The molecule has 0 saturated heterocycles. The number of rotatable bonds is 9. The van der Waals surface area contributed by atoms with Crippen molar-refractivity contribution in [1.82, 2.24) is 0 Å². The summed E-state index contributed by atoms with van der Waals surface area (Å²) in [6, 6.07) is 0. The highest BCUT2D eigenvalue weighted by Crippen LogP contribution is 2.47. The van der Waals surface area contributed by atoms with Crippen LogP contribution >= 0.6 is 0 Å². The largest absolute Gasteiger partial charge is 0.0822 e. The Morgan fingerprint density at radius 3 is 2.25 bits per heavy atom. The van der Waals surface area contributed by atoms with Crippen LogP contribution in [0.1, 0.15) is 87.0 Å². The minimum absolute atomic E-state index is 0.565. The molecule has 0 aromatic heterocycles. The van der Waals surface area contributed by atoms with Crippen LogP contribution in [0.4, 0.5) is 0 Å². The van der Waals surface area contributed by atoms with E-state index in [1.165, 1.54) is 38.5 Å². The van der Waals surface area contributed by atoms with Gasteiger partial charge in [-0.1, -0.05) is 66.0 Å². The van der Waals surface area contributed by atoms with Crippen molar-refractivity contribution >= 4 is 0 Å². The molecule has 118 valence electrons. The van der Waals surface area contributed by atoms with Crippen LogP contribution in [0.25, 0.3) is 0 Å². The summed E-state index contributed by atoms with van der Waals surface area (Å²) in [5.41, 5.74) is 2.15. The zero-order valence-electron chi connectivity index (χ0n) is 15.1. The summed E-state index contributed by atoms with van der Waals surface area (Å²) in [4.78, 5) is 0. The maximum Gasteiger partial charge on any atom is -0.0199 e. The molecule has 1 saturated carbocycles. The lowest BCUT2D eigenvalue weighted by molar-refractivity contribution is 0.186. The van der Waals surface area contributed by atoms with Crippen LogP contribution in [-0.2, 0) is 0 Å². The van der Waals surface area contributed by atoms with Gasteiger partial charge in [0.05, 0.1) is 0 Å². The van der Waals surface area contributed by atoms with Crippen molar-refractivity contribution in [2.45, 2.75) is 87.0 Å². The van der Waals surface area contributed by atoms with Crippen LogP contribution in [0.3, 0.4) is 0 Å². The summed E-state index contributed by atoms with van der Waals surface area (Å²) in [6.07, 6.45) is 10.7. The second-order valence-electron chi connectivity index (χ2n) is 7.94. The first-order valence-electron chi connectivity index (χ1n) is 9.02. The van der Waals surface area contributed by atoms with Crippen molar-refractivity contribution in [2.75, 3.05) is 0 Å². The third-order valence-electron chi connectivity index (χ3n) is 6.20. The standard InChI is InChI=1S/C20H38/c1-8-15(4)11-18-13-19(18)12-16(5)17(6)14-20(7,9-2)10-3/h11,16-19H,8-10,12-14H2,1-7H3. The SMILES string of the molecule is CCC(C)=CC1CC1CC(C)C(C)CC(C)(CC)CC. The van der Waals surface area contributed by atoms with Crippen molar-refractivity contribution in [2.24, 2.45) is 29.1 Å². The molecule has 0 spiro atoms. The highest BCUT2D eigenvalue weighted by Gasteiger charge is 2.37. The van der Waals surface area contributed by atoms with Gasteiger partial charge < -0.3 is 0 Å². The highest BCUT2D eigenvalue weighted by molar-refractivity contribution is 5.08. The first kappa shape index (κ1) is 17.8. The van der Waals surface area contributed by atoms with E-state index in [9.17, 15) is 0 Å².